The second-order valence-electron chi connectivity index (χ2n) is 12.4. The number of carboxylic acid groups (broad SMARTS) is 1. The second kappa shape index (κ2) is 12.6. The maximum atomic E-state index is 11.4. The first-order valence-electron chi connectivity index (χ1n) is 15.8. The van der Waals surface area contributed by atoms with Crippen molar-refractivity contribution >= 4 is 40.1 Å². The summed E-state index contributed by atoms with van der Waals surface area (Å²) in [5.74, 6) is 5.72. The third kappa shape index (κ3) is 6.15. The predicted octanol–water partition coefficient (Wildman–Crippen LogP) is 6.73. The van der Waals surface area contributed by atoms with Crippen LogP contribution >= 0.6 is 0 Å². The van der Waals surface area contributed by atoms with E-state index in [4.69, 9.17) is 27.1 Å². The monoisotopic (exact) mass is 579 g/mol. The lowest BCUT2D eigenvalue weighted by Gasteiger charge is -2.32. The van der Waals surface area contributed by atoms with E-state index in [9.17, 15) is 9.90 Å². The number of nitrogens with zero attached hydrogens (tertiary/aromatic N) is 5. The van der Waals surface area contributed by atoms with Gasteiger partial charge in [0.1, 0.15) is 11.3 Å². The van der Waals surface area contributed by atoms with Crippen molar-refractivity contribution in [2.75, 3.05) is 5.32 Å². The van der Waals surface area contributed by atoms with Gasteiger partial charge in [0.05, 0.1) is 0 Å². The fourth-order valence-corrected chi connectivity index (χ4v) is 6.97. The van der Waals surface area contributed by atoms with Gasteiger partial charge in [-0.25, -0.2) is 19.7 Å². The lowest BCUT2D eigenvalue weighted by atomic mass is 9.80. The van der Waals surface area contributed by atoms with E-state index in [-0.39, 0.29) is 17.7 Å². The first-order valence-corrected chi connectivity index (χ1v) is 15.8. The van der Waals surface area contributed by atoms with E-state index in [1.54, 1.807) is 0 Å². The molecule has 9 heteroatoms. The van der Waals surface area contributed by atoms with Crippen molar-refractivity contribution in [3.8, 4) is 12.3 Å². The number of fused-ring (bicyclic) bond motifs is 1. The van der Waals surface area contributed by atoms with Crippen LogP contribution in [0.3, 0.4) is 0 Å². The molecule has 0 saturated heterocycles. The van der Waals surface area contributed by atoms with Crippen molar-refractivity contribution in [3.63, 3.8) is 0 Å². The molecule has 0 spiro atoms. The molecule has 3 aromatic rings. The molecule has 1 amide bonds. The summed E-state index contributed by atoms with van der Waals surface area (Å²) in [6, 6.07) is 10.8. The average Bonchev–Trinajstić information content (AvgIpc) is 3.35. The van der Waals surface area contributed by atoms with E-state index in [1.165, 1.54) is 36.0 Å². The fourth-order valence-electron chi connectivity index (χ4n) is 6.97. The Kier molecular flexibility index (Phi) is 8.46. The first-order chi connectivity index (χ1) is 20.9. The summed E-state index contributed by atoms with van der Waals surface area (Å²) >= 11 is 0. The fraction of sp³-hybridized carbons (Fsp3) is 0.500. The number of anilines is 1. The van der Waals surface area contributed by atoms with Gasteiger partial charge in [-0.2, -0.15) is 4.99 Å². The smallest absolute Gasteiger partial charge is 0.433 e. The Morgan fingerprint density at radius 1 is 1.07 bits per heavy atom. The molecule has 6 rings (SSSR count). The molecule has 0 radical (unpaired) electrons. The Morgan fingerprint density at radius 2 is 1.79 bits per heavy atom. The highest BCUT2D eigenvalue weighted by Gasteiger charge is 2.30. The van der Waals surface area contributed by atoms with Crippen LogP contribution in [0.25, 0.3) is 22.3 Å². The molecule has 2 heterocycles. The molecule has 0 aliphatic heterocycles. The quantitative estimate of drug-likeness (QED) is 0.153. The summed E-state index contributed by atoms with van der Waals surface area (Å²) in [4.78, 5) is 29.6. The number of aromatic nitrogens is 4. The number of nitrogens with two attached hydrogens (primary N) is 1. The molecule has 4 N–H and O–H groups in total. The summed E-state index contributed by atoms with van der Waals surface area (Å²) < 4.78 is 2.34. The zero-order valence-electron chi connectivity index (χ0n) is 24.9. The number of hydrogen-bond donors (Lipinski definition) is 3. The molecule has 3 aliphatic carbocycles. The number of amidine groups is 1. The number of imidazole rings is 1. The topological polar surface area (TPSA) is 131 Å². The third-order valence-corrected chi connectivity index (χ3v) is 9.65. The molecule has 1 atom stereocenters. The number of carbonyl (C=O) groups is 1. The Labute approximate surface area is 253 Å². The van der Waals surface area contributed by atoms with E-state index < -0.39 is 6.09 Å². The number of terminal acetylenes is 1. The molecule has 3 aliphatic rings. The number of aliphatic imine (C=N–C) groups is 1. The van der Waals surface area contributed by atoms with Crippen LogP contribution in [0.4, 0.5) is 10.6 Å². The molecule has 43 heavy (non-hydrogen) atoms. The van der Waals surface area contributed by atoms with E-state index in [1.807, 2.05) is 0 Å². The van der Waals surface area contributed by atoms with Gasteiger partial charge >= 0.3 is 6.09 Å². The molecule has 224 valence electrons. The number of nitrogens with one attached hydrogen (secondary N) is 1. The van der Waals surface area contributed by atoms with Crippen LogP contribution in [0.2, 0.25) is 0 Å². The molecule has 2 fully saturated rings. The summed E-state index contributed by atoms with van der Waals surface area (Å²) in [6.45, 7) is 2.98. The maximum absolute atomic E-state index is 11.4. The van der Waals surface area contributed by atoms with E-state index >= 15 is 0 Å². The molecular weight excluding hydrogens is 538 g/mol. The number of amides is 1. The van der Waals surface area contributed by atoms with Crippen LogP contribution in [0.15, 0.2) is 35.3 Å². The molecule has 0 bridgehead atoms. The summed E-state index contributed by atoms with van der Waals surface area (Å²) in [5, 5.41) is 13.0. The van der Waals surface area contributed by atoms with E-state index in [2.05, 4.69) is 58.1 Å². The molecule has 2 aromatic heterocycles. The van der Waals surface area contributed by atoms with Crippen molar-refractivity contribution < 1.29 is 9.90 Å². The molecule has 9 nitrogen and oxygen atoms in total. The van der Waals surface area contributed by atoms with Gasteiger partial charge in [-0.3, -0.25) is 0 Å². The Morgan fingerprint density at radius 3 is 2.44 bits per heavy atom. The largest absolute Gasteiger partial charge is 0.463 e. The van der Waals surface area contributed by atoms with Crippen LogP contribution in [-0.4, -0.2) is 42.6 Å². The first kappa shape index (κ1) is 28.9. The van der Waals surface area contributed by atoms with Crippen LogP contribution in [-0.2, 0) is 6.54 Å². The zero-order chi connectivity index (χ0) is 29.9. The van der Waals surface area contributed by atoms with E-state index in [0.717, 1.165) is 69.3 Å². The summed E-state index contributed by atoms with van der Waals surface area (Å²) in [7, 11) is 0. The summed E-state index contributed by atoms with van der Waals surface area (Å²) in [5.41, 5.74) is 11.3. The van der Waals surface area contributed by atoms with Gasteiger partial charge in [-0.05, 0) is 99.7 Å². The van der Waals surface area contributed by atoms with Gasteiger partial charge in [0.25, 0.3) is 0 Å². The highest BCUT2D eigenvalue weighted by Crippen LogP contribution is 2.41. The Bertz CT molecular complexity index is 1590. The third-order valence-electron chi connectivity index (χ3n) is 9.65. The van der Waals surface area contributed by atoms with Crippen LogP contribution in [0, 0.1) is 30.1 Å². The van der Waals surface area contributed by atoms with Crippen molar-refractivity contribution in [1.29, 1.82) is 0 Å². The lowest BCUT2D eigenvalue weighted by molar-refractivity contribution is 0.205. The normalized spacial score (nSPS) is 22.2. The van der Waals surface area contributed by atoms with Gasteiger partial charge in [0, 0.05) is 18.5 Å². The van der Waals surface area contributed by atoms with Gasteiger partial charge in [0.2, 0.25) is 0 Å². The predicted molar refractivity (Wildman–Crippen MR) is 171 cm³/mol. The maximum Gasteiger partial charge on any atom is 0.433 e. The zero-order valence-corrected chi connectivity index (χ0v) is 24.9. The standard InChI is InChI=1S/C34H41N7O2/c1-3-22-16-18-23(19-17-22)20-41-28-30(36-21(2)24-12-9-13-24)38-32(29(35)37-34(42)43)39-31(28)40-33(41)27-15-8-7-14-26(27)25-10-5-4-6-11-25/h1,4-6,10-11,21-24H,7-9,12-20H2,2H3,(H2,35,37)(H,42,43)(H,36,38,39). The Balaban J connectivity index is 1.54. The minimum Gasteiger partial charge on any atom is -0.463 e. The minimum atomic E-state index is -1.38. The van der Waals surface area contributed by atoms with Gasteiger partial charge in [0.15, 0.2) is 23.1 Å². The van der Waals surface area contributed by atoms with Crippen molar-refractivity contribution in [3.05, 3.63) is 47.5 Å². The second-order valence-corrected chi connectivity index (χ2v) is 12.4. The highest BCUT2D eigenvalue weighted by atomic mass is 16.4. The van der Waals surface area contributed by atoms with Crippen LogP contribution < -0.4 is 11.1 Å². The van der Waals surface area contributed by atoms with Crippen molar-refractivity contribution in [2.24, 2.45) is 28.5 Å². The van der Waals surface area contributed by atoms with Gasteiger partial charge in [-0.15, -0.1) is 12.3 Å². The number of hydrogen-bond acceptors (Lipinski definition) is 5. The minimum absolute atomic E-state index is 0.0739. The number of allylic oxidation sites excluding steroid dienone is 2. The Hall–Kier alpha value is -4.19. The highest BCUT2D eigenvalue weighted by molar-refractivity contribution is 6.02. The van der Waals surface area contributed by atoms with Gasteiger partial charge in [-0.1, -0.05) is 36.8 Å². The molecule has 1 unspecified atom stereocenters. The number of rotatable bonds is 8. The van der Waals surface area contributed by atoms with Crippen molar-refractivity contribution in [2.45, 2.75) is 90.1 Å². The molecular formula is C34H41N7O2. The SMILES string of the molecule is C#CC1CCC(Cn2c(C3=C(c4ccccc4)CCCC3)nc3nc(C(N)=NC(=O)O)nc(NC(C)C4CCC4)c32)CC1. The van der Waals surface area contributed by atoms with E-state index in [0.29, 0.717) is 29.2 Å². The average molecular weight is 580 g/mol. The van der Waals surface area contributed by atoms with Crippen LogP contribution in [0.1, 0.15) is 94.8 Å². The molecule has 1 aromatic carbocycles. The lowest BCUT2D eigenvalue weighted by Crippen LogP contribution is -2.32. The molecule has 2 saturated carbocycles. The van der Waals surface area contributed by atoms with Crippen LogP contribution in [0.5, 0.6) is 0 Å². The number of benzene rings is 1. The van der Waals surface area contributed by atoms with Crippen molar-refractivity contribution in [1.82, 2.24) is 19.5 Å². The van der Waals surface area contributed by atoms with Gasteiger partial charge < -0.3 is 20.7 Å². The summed E-state index contributed by atoms with van der Waals surface area (Å²) in [6.07, 6.45) is 16.3.